The average molecular weight is 276 g/mol. The van der Waals surface area contributed by atoms with Crippen LogP contribution in [-0.2, 0) is 11.8 Å². The Hall–Kier alpha value is -2.15. The third-order valence-electron chi connectivity index (χ3n) is 2.93. The van der Waals surface area contributed by atoms with E-state index in [-0.39, 0.29) is 5.69 Å². The van der Waals surface area contributed by atoms with Crippen LogP contribution in [-0.4, -0.2) is 33.1 Å². The van der Waals surface area contributed by atoms with Gasteiger partial charge in [0.1, 0.15) is 4.83 Å². The molecule has 0 aliphatic heterocycles. The summed E-state index contributed by atoms with van der Waals surface area (Å²) in [5.74, 6) is -0.443. The summed E-state index contributed by atoms with van der Waals surface area (Å²) in [5, 5.41) is 12.3. The van der Waals surface area contributed by atoms with Crippen LogP contribution in [0.3, 0.4) is 0 Å². The highest BCUT2D eigenvalue weighted by atomic mass is 32.1. The monoisotopic (exact) mass is 276 g/mol. The molecule has 19 heavy (non-hydrogen) atoms. The van der Waals surface area contributed by atoms with Crippen LogP contribution in [0.4, 0.5) is 0 Å². The number of nitrogens with zero attached hydrogens (tertiary/aromatic N) is 3. The number of carbonyl (C=O) groups excluding carboxylic acids is 1. The zero-order valence-corrected chi connectivity index (χ0v) is 11.5. The summed E-state index contributed by atoms with van der Waals surface area (Å²) in [6.45, 7) is 1.98. The molecule has 3 aromatic heterocycles. The van der Waals surface area contributed by atoms with Crippen molar-refractivity contribution >= 4 is 27.5 Å². The SMILES string of the molecule is COC(=O)c1cc(-c2cc3c(C)nn(C)c3s2)[nH]n1. The van der Waals surface area contributed by atoms with Gasteiger partial charge in [0.2, 0.25) is 0 Å². The number of thiophene rings is 1. The molecule has 3 heterocycles. The molecule has 1 N–H and O–H groups in total. The summed E-state index contributed by atoms with van der Waals surface area (Å²) in [6, 6.07) is 3.75. The molecule has 0 radical (unpaired) electrons. The van der Waals surface area contributed by atoms with E-state index in [0.717, 1.165) is 26.5 Å². The standard InChI is InChI=1S/C12H12N4O2S/c1-6-7-4-10(19-11(7)16(2)15-6)8-5-9(14-13-8)12(17)18-3/h4-5H,1-3H3,(H,13,14). The van der Waals surface area contributed by atoms with Crippen LogP contribution >= 0.6 is 11.3 Å². The van der Waals surface area contributed by atoms with Gasteiger partial charge in [-0.3, -0.25) is 9.78 Å². The number of aryl methyl sites for hydroxylation is 2. The first-order valence-corrected chi connectivity index (χ1v) is 6.49. The molecule has 0 saturated heterocycles. The van der Waals surface area contributed by atoms with E-state index >= 15 is 0 Å². The number of aromatic amines is 1. The largest absolute Gasteiger partial charge is 0.464 e. The van der Waals surface area contributed by atoms with E-state index in [2.05, 4.69) is 26.1 Å². The normalized spacial score (nSPS) is 11.1. The van der Waals surface area contributed by atoms with E-state index in [9.17, 15) is 4.79 Å². The molecule has 0 aliphatic carbocycles. The Morgan fingerprint density at radius 3 is 2.95 bits per heavy atom. The Bertz CT molecular complexity index is 733. The molecule has 3 rings (SSSR count). The summed E-state index contributed by atoms with van der Waals surface area (Å²) < 4.78 is 6.49. The predicted octanol–water partition coefficient (Wildman–Crippen LogP) is 2.12. The number of esters is 1. The molecule has 0 unspecified atom stereocenters. The van der Waals surface area contributed by atoms with E-state index < -0.39 is 5.97 Å². The number of methoxy groups -OCH3 is 1. The molecule has 98 valence electrons. The summed E-state index contributed by atoms with van der Waals surface area (Å²) in [6.07, 6.45) is 0. The van der Waals surface area contributed by atoms with Crippen LogP contribution in [0.15, 0.2) is 12.1 Å². The van der Waals surface area contributed by atoms with Gasteiger partial charge < -0.3 is 4.74 Å². The number of rotatable bonds is 2. The zero-order chi connectivity index (χ0) is 13.6. The van der Waals surface area contributed by atoms with E-state index in [0.29, 0.717) is 0 Å². The molecule has 3 aromatic rings. The maximum atomic E-state index is 11.4. The van der Waals surface area contributed by atoms with E-state index in [4.69, 9.17) is 0 Å². The van der Waals surface area contributed by atoms with Gasteiger partial charge in [-0.15, -0.1) is 11.3 Å². The fourth-order valence-corrected chi connectivity index (χ4v) is 3.08. The van der Waals surface area contributed by atoms with Gasteiger partial charge in [0.25, 0.3) is 0 Å². The lowest BCUT2D eigenvalue weighted by Crippen LogP contribution is -2.00. The Balaban J connectivity index is 2.06. The lowest BCUT2D eigenvalue weighted by atomic mass is 10.2. The molecule has 0 fully saturated rings. The van der Waals surface area contributed by atoms with Crippen molar-refractivity contribution in [2.75, 3.05) is 7.11 Å². The number of ether oxygens (including phenoxy) is 1. The molecule has 6 nitrogen and oxygen atoms in total. The minimum absolute atomic E-state index is 0.282. The quantitative estimate of drug-likeness (QED) is 0.728. The van der Waals surface area contributed by atoms with Gasteiger partial charge in [0.05, 0.1) is 23.4 Å². The van der Waals surface area contributed by atoms with Gasteiger partial charge in [-0.05, 0) is 19.1 Å². The predicted molar refractivity (Wildman–Crippen MR) is 72.2 cm³/mol. The third kappa shape index (κ3) is 1.82. The summed E-state index contributed by atoms with van der Waals surface area (Å²) in [7, 11) is 3.26. The summed E-state index contributed by atoms with van der Waals surface area (Å²) >= 11 is 1.61. The molecule has 0 saturated carbocycles. The molecule has 0 aromatic carbocycles. The lowest BCUT2D eigenvalue weighted by Gasteiger charge is -1.91. The molecule has 0 atom stereocenters. The van der Waals surface area contributed by atoms with Crippen molar-refractivity contribution in [1.82, 2.24) is 20.0 Å². The highest BCUT2D eigenvalue weighted by Crippen LogP contribution is 2.33. The average Bonchev–Trinajstić information content (AvgIpc) is 3.07. The molecule has 0 aliphatic rings. The van der Waals surface area contributed by atoms with Crippen LogP contribution in [0.1, 0.15) is 16.2 Å². The fourth-order valence-electron chi connectivity index (χ4n) is 2.00. The van der Waals surface area contributed by atoms with Crippen LogP contribution < -0.4 is 0 Å². The summed E-state index contributed by atoms with van der Waals surface area (Å²) in [4.78, 5) is 13.5. The van der Waals surface area contributed by atoms with E-state index in [1.807, 2.05) is 18.7 Å². The first-order valence-electron chi connectivity index (χ1n) is 5.67. The number of carbonyl (C=O) groups is 1. The molecule has 0 spiro atoms. The highest BCUT2D eigenvalue weighted by molar-refractivity contribution is 7.21. The molecule has 7 heteroatoms. The second-order valence-corrected chi connectivity index (χ2v) is 5.23. The minimum Gasteiger partial charge on any atom is -0.464 e. The van der Waals surface area contributed by atoms with Crippen molar-refractivity contribution in [2.24, 2.45) is 7.05 Å². The number of hydrogen-bond donors (Lipinski definition) is 1. The van der Waals surface area contributed by atoms with Crippen LogP contribution in [0, 0.1) is 6.92 Å². The highest BCUT2D eigenvalue weighted by Gasteiger charge is 2.15. The van der Waals surface area contributed by atoms with Crippen molar-refractivity contribution in [1.29, 1.82) is 0 Å². The molecular formula is C12H12N4O2S. The topological polar surface area (TPSA) is 72.8 Å². The van der Waals surface area contributed by atoms with Crippen LogP contribution in [0.5, 0.6) is 0 Å². The Labute approximate surface area is 113 Å². The van der Waals surface area contributed by atoms with Gasteiger partial charge in [-0.1, -0.05) is 0 Å². The van der Waals surface area contributed by atoms with Crippen LogP contribution in [0.2, 0.25) is 0 Å². The second-order valence-electron chi connectivity index (χ2n) is 4.20. The summed E-state index contributed by atoms with van der Waals surface area (Å²) in [5.41, 5.74) is 2.08. The lowest BCUT2D eigenvalue weighted by molar-refractivity contribution is 0.0594. The van der Waals surface area contributed by atoms with Gasteiger partial charge in [-0.2, -0.15) is 10.2 Å². The maximum Gasteiger partial charge on any atom is 0.358 e. The first-order chi connectivity index (χ1) is 9.10. The van der Waals surface area contributed by atoms with Crippen molar-refractivity contribution in [2.45, 2.75) is 6.92 Å². The molecule has 0 bridgehead atoms. The Kier molecular flexibility index (Phi) is 2.63. The van der Waals surface area contributed by atoms with Gasteiger partial charge in [0.15, 0.2) is 5.69 Å². The first kappa shape index (κ1) is 11.9. The Morgan fingerprint density at radius 2 is 2.26 bits per heavy atom. The van der Waals surface area contributed by atoms with Crippen molar-refractivity contribution < 1.29 is 9.53 Å². The molecule has 0 amide bonds. The number of nitrogens with one attached hydrogen (secondary N) is 1. The van der Waals surface area contributed by atoms with E-state index in [1.54, 1.807) is 17.4 Å². The number of aromatic nitrogens is 4. The number of hydrogen-bond acceptors (Lipinski definition) is 5. The zero-order valence-electron chi connectivity index (χ0n) is 10.7. The third-order valence-corrected chi connectivity index (χ3v) is 4.17. The van der Waals surface area contributed by atoms with Crippen molar-refractivity contribution in [3.05, 3.63) is 23.5 Å². The van der Waals surface area contributed by atoms with Gasteiger partial charge in [-0.25, -0.2) is 4.79 Å². The maximum absolute atomic E-state index is 11.4. The molecular weight excluding hydrogens is 264 g/mol. The van der Waals surface area contributed by atoms with Gasteiger partial charge >= 0.3 is 5.97 Å². The second kappa shape index (κ2) is 4.20. The van der Waals surface area contributed by atoms with Crippen LogP contribution in [0.25, 0.3) is 20.8 Å². The van der Waals surface area contributed by atoms with Gasteiger partial charge in [0, 0.05) is 12.4 Å². The van der Waals surface area contributed by atoms with E-state index in [1.165, 1.54) is 7.11 Å². The van der Waals surface area contributed by atoms with Crippen molar-refractivity contribution in [3.8, 4) is 10.6 Å². The Morgan fingerprint density at radius 1 is 1.47 bits per heavy atom. The van der Waals surface area contributed by atoms with Crippen molar-refractivity contribution in [3.63, 3.8) is 0 Å². The fraction of sp³-hybridized carbons (Fsp3) is 0.250. The minimum atomic E-state index is -0.443. The smallest absolute Gasteiger partial charge is 0.358 e. The number of H-pyrrole nitrogens is 1. The number of fused-ring (bicyclic) bond motifs is 1.